The van der Waals surface area contributed by atoms with Crippen LogP contribution < -0.4 is 10.1 Å². The van der Waals surface area contributed by atoms with Gasteiger partial charge in [-0.2, -0.15) is 0 Å². The van der Waals surface area contributed by atoms with Crippen molar-refractivity contribution in [3.63, 3.8) is 0 Å². The van der Waals surface area contributed by atoms with Crippen LogP contribution >= 0.6 is 0 Å². The monoisotopic (exact) mass is 223 g/mol. The summed E-state index contributed by atoms with van der Waals surface area (Å²) in [6, 6.07) is 7.61. The van der Waals surface area contributed by atoms with Crippen LogP contribution in [-0.2, 0) is 0 Å². The number of aliphatic hydroxyl groups is 1. The number of benzene rings is 1. The Morgan fingerprint density at radius 1 is 1.31 bits per heavy atom. The third kappa shape index (κ3) is 2.97. The first-order valence-electron chi connectivity index (χ1n) is 5.59. The van der Waals surface area contributed by atoms with E-state index in [0.717, 1.165) is 11.3 Å². The molecule has 3 nitrogen and oxygen atoms in total. The van der Waals surface area contributed by atoms with Crippen molar-refractivity contribution in [3.8, 4) is 5.75 Å². The number of hydrogen-bond donors (Lipinski definition) is 2. The fourth-order valence-electron chi connectivity index (χ4n) is 1.89. The van der Waals surface area contributed by atoms with E-state index in [4.69, 9.17) is 4.74 Å². The number of hydrogen-bond acceptors (Lipinski definition) is 3. The maximum atomic E-state index is 10.3. The summed E-state index contributed by atoms with van der Waals surface area (Å²) in [6.45, 7) is 4.18. The van der Waals surface area contributed by atoms with E-state index < -0.39 is 6.10 Å². The first-order valence-corrected chi connectivity index (χ1v) is 5.59. The van der Waals surface area contributed by atoms with Gasteiger partial charge in [0.2, 0.25) is 0 Å². The molecule has 0 spiro atoms. The number of rotatable bonds is 5. The van der Waals surface area contributed by atoms with Crippen LogP contribution in [0.2, 0.25) is 0 Å². The lowest BCUT2D eigenvalue weighted by Gasteiger charge is -2.26. The maximum Gasteiger partial charge on any atom is 0.119 e. The normalized spacial score (nSPS) is 14.9. The minimum absolute atomic E-state index is 0.0482. The van der Waals surface area contributed by atoms with E-state index in [0.29, 0.717) is 5.92 Å². The molecule has 0 amide bonds. The van der Waals surface area contributed by atoms with Crippen molar-refractivity contribution in [1.29, 1.82) is 0 Å². The van der Waals surface area contributed by atoms with Crippen LogP contribution in [0.1, 0.15) is 25.5 Å². The fourth-order valence-corrected chi connectivity index (χ4v) is 1.89. The molecule has 0 radical (unpaired) electrons. The first kappa shape index (κ1) is 13.0. The van der Waals surface area contributed by atoms with Gasteiger partial charge in [-0.25, -0.2) is 0 Å². The van der Waals surface area contributed by atoms with Crippen molar-refractivity contribution in [1.82, 2.24) is 5.32 Å². The molecule has 0 aliphatic rings. The second-order valence-corrected chi connectivity index (χ2v) is 4.28. The lowest BCUT2D eigenvalue weighted by molar-refractivity contribution is 0.109. The van der Waals surface area contributed by atoms with Gasteiger partial charge in [0, 0.05) is 6.04 Å². The zero-order chi connectivity index (χ0) is 12.1. The molecule has 1 rings (SSSR count). The Morgan fingerprint density at radius 3 is 2.50 bits per heavy atom. The average molecular weight is 223 g/mol. The highest BCUT2D eigenvalue weighted by atomic mass is 16.5. The molecule has 0 aromatic heterocycles. The van der Waals surface area contributed by atoms with Gasteiger partial charge in [0.1, 0.15) is 5.75 Å². The zero-order valence-electron chi connectivity index (χ0n) is 10.4. The van der Waals surface area contributed by atoms with Crippen molar-refractivity contribution >= 4 is 0 Å². The molecule has 1 aromatic rings. The molecule has 2 unspecified atom stereocenters. The van der Waals surface area contributed by atoms with Crippen LogP contribution in [0.5, 0.6) is 5.75 Å². The van der Waals surface area contributed by atoms with E-state index in [-0.39, 0.29) is 6.04 Å². The summed E-state index contributed by atoms with van der Waals surface area (Å²) >= 11 is 0. The standard InChI is InChI=1S/C13H21NO2/c1-9(2)12(14-3)13(15)10-6-5-7-11(8-10)16-4/h5-9,12-15H,1-4H3. The molecule has 90 valence electrons. The molecule has 0 bridgehead atoms. The molecule has 2 atom stereocenters. The van der Waals surface area contributed by atoms with Crippen molar-refractivity contribution < 1.29 is 9.84 Å². The highest BCUT2D eigenvalue weighted by Crippen LogP contribution is 2.24. The number of likely N-dealkylation sites (N-methyl/N-ethyl adjacent to an activating group) is 1. The Kier molecular flexibility index (Phi) is 4.77. The van der Waals surface area contributed by atoms with Gasteiger partial charge in [-0.1, -0.05) is 26.0 Å². The molecule has 2 N–H and O–H groups in total. The average Bonchev–Trinajstić information content (AvgIpc) is 2.29. The molecule has 0 saturated heterocycles. The molecule has 1 aromatic carbocycles. The van der Waals surface area contributed by atoms with E-state index in [9.17, 15) is 5.11 Å². The summed E-state index contributed by atoms with van der Waals surface area (Å²) in [7, 11) is 3.50. The van der Waals surface area contributed by atoms with Crippen molar-refractivity contribution in [2.75, 3.05) is 14.2 Å². The van der Waals surface area contributed by atoms with E-state index in [1.54, 1.807) is 7.11 Å². The molecular weight excluding hydrogens is 202 g/mol. The van der Waals surface area contributed by atoms with Crippen molar-refractivity contribution in [2.45, 2.75) is 26.0 Å². The Morgan fingerprint density at radius 2 is 2.00 bits per heavy atom. The van der Waals surface area contributed by atoms with Gasteiger partial charge >= 0.3 is 0 Å². The van der Waals surface area contributed by atoms with Crippen molar-refractivity contribution in [3.05, 3.63) is 29.8 Å². The van der Waals surface area contributed by atoms with Gasteiger partial charge in [0.05, 0.1) is 13.2 Å². The molecule has 3 heteroatoms. The summed E-state index contributed by atoms with van der Waals surface area (Å²) in [5.41, 5.74) is 0.882. The van der Waals surface area contributed by atoms with Crippen LogP contribution in [0.4, 0.5) is 0 Å². The smallest absolute Gasteiger partial charge is 0.119 e. The molecule has 0 heterocycles. The lowest BCUT2D eigenvalue weighted by Crippen LogP contribution is -2.36. The maximum absolute atomic E-state index is 10.3. The molecular formula is C13H21NO2. The number of nitrogens with one attached hydrogen (secondary N) is 1. The molecule has 0 fully saturated rings. The van der Waals surface area contributed by atoms with E-state index in [1.807, 2.05) is 31.3 Å². The third-order valence-electron chi connectivity index (χ3n) is 2.83. The summed E-state index contributed by atoms with van der Waals surface area (Å²) in [4.78, 5) is 0. The fraction of sp³-hybridized carbons (Fsp3) is 0.538. The van der Waals surface area contributed by atoms with Gasteiger partial charge in [0.15, 0.2) is 0 Å². The quantitative estimate of drug-likeness (QED) is 0.802. The van der Waals surface area contributed by atoms with Gasteiger partial charge in [-0.15, -0.1) is 0 Å². The van der Waals surface area contributed by atoms with Gasteiger partial charge in [-0.3, -0.25) is 0 Å². The lowest BCUT2D eigenvalue weighted by atomic mass is 9.93. The van der Waals surface area contributed by atoms with Crippen LogP contribution in [0.3, 0.4) is 0 Å². The summed E-state index contributed by atoms with van der Waals surface area (Å²) < 4.78 is 5.15. The third-order valence-corrected chi connectivity index (χ3v) is 2.83. The highest BCUT2D eigenvalue weighted by molar-refractivity contribution is 5.30. The van der Waals surface area contributed by atoms with Crippen LogP contribution in [0.25, 0.3) is 0 Å². The summed E-state index contributed by atoms with van der Waals surface area (Å²) in [5, 5.41) is 13.4. The SMILES string of the molecule is CNC(C(C)C)C(O)c1cccc(OC)c1. The van der Waals surface area contributed by atoms with Crippen LogP contribution in [0.15, 0.2) is 24.3 Å². The molecule has 16 heavy (non-hydrogen) atoms. The van der Waals surface area contributed by atoms with E-state index >= 15 is 0 Å². The molecule has 0 aliphatic carbocycles. The van der Waals surface area contributed by atoms with Gasteiger partial charge in [-0.05, 0) is 30.7 Å². The largest absolute Gasteiger partial charge is 0.497 e. The topological polar surface area (TPSA) is 41.5 Å². The van der Waals surface area contributed by atoms with Crippen molar-refractivity contribution in [2.24, 2.45) is 5.92 Å². The number of aliphatic hydroxyl groups excluding tert-OH is 1. The second kappa shape index (κ2) is 5.87. The van der Waals surface area contributed by atoms with Crippen LogP contribution in [-0.4, -0.2) is 25.3 Å². The van der Waals surface area contributed by atoms with E-state index in [2.05, 4.69) is 19.2 Å². The zero-order valence-corrected chi connectivity index (χ0v) is 10.4. The van der Waals surface area contributed by atoms with Crippen LogP contribution in [0, 0.1) is 5.92 Å². The number of methoxy groups -OCH3 is 1. The van der Waals surface area contributed by atoms with Gasteiger partial charge in [0.25, 0.3) is 0 Å². The minimum Gasteiger partial charge on any atom is -0.497 e. The summed E-state index contributed by atoms with van der Waals surface area (Å²) in [5.74, 6) is 1.14. The Labute approximate surface area is 97.4 Å². The Balaban J connectivity index is 2.89. The first-order chi connectivity index (χ1) is 7.60. The highest BCUT2D eigenvalue weighted by Gasteiger charge is 2.22. The minimum atomic E-state index is -0.514. The Bertz CT molecular complexity index is 325. The predicted molar refractivity (Wildman–Crippen MR) is 65.6 cm³/mol. The Hall–Kier alpha value is -1.06. The number of ether oxygens (including phenoxy) is 1. The molecule has 0 saturated carbocycles. The molecule has 0 aliphatic heterocycles. The van der Waals surface area contributed by atoms with E-state index in [1.165, 1.54) is 0 Å². The second-order valence-electron chi connectivity index (χ2n) is 4.28. The van der Waals surface area contributed by atoms with Gasteiger partial charge < -0.3 is 15.2 Å². The summed E-state index contributed by atoms with van der Waals surface area (Å²) in [6.07, 6.45) is -0.514. The predicted octanol–water partition coefficient (Wildman–Crippen LogP) is 1.97.